The van der Waals surface area contributed by atoms with Crippen molar-refractivity contribution in [3.8, 4) is 0 Å². The Labute approximate surface area is 127 Å². The highest BCUT2D eigenvalue weighted by Crippen LogP contribution is 2.26. The van der Waals surface area contributed by atoms with Crippen LogP contribution in [0.5, 0.6) is 0 Å². The Morgan fingerprint density at radius 1 is 1.05 bits per heavy atom. The van der Waals surface area contributed by atoms with Crippen LogP contribution < -0.4 is 9.80 Å². The number of hydrogen-bond donors (Lipinski definition) is 0. The van der Waals surface area contributed by atoms with Crippen LogP contribution in [0, 0.1) is 0 Å². The highest BCUT2D eigenvalue weighted by atomic mass is 32.1. The molecule has 0 N–H and O–H groups in total. The van der Waals surface area contributed by atoms with Crippen LogP contribution in [0.25, 0.3) is 10.2 Å². The summed E-state index contributed by atoms with van der Waals surface area (Å²) in [4.78, 5) is 18.3. The Hall–Kier alpha value is -2.21. The normalized spacial score (nSPS) is 10.8. The zero-order valence-electron chi connectivity index (χ0n) is 12.3. The highest BCUT2D eigenvalue weighted by molar-refractivity contribution is 7.16. The topological polar surface area (TPSA) is 45.2 Å². The second kappa shape index (κ2) is 5.65. The van der Waals surface area contributed by atoms with Crippen LogP contribution in [0.15, 0.2) is 36.1 Å². The molecule has 3 aromatic rings. The molecular weight excluding hydrogens is 282 g/mol. The van der Waals surface area contributed by atoms with Gasteiger partial charge in [0.25, 0.3) is 0 Å². The Bertz CT molecular complexity index is 735. The average Bonchev–Trinajstić information content (AvgIpc) is 2.96. The molecule has 3 rings (SSSR count). The van der Waals surface area contributed by atoms with Crippen molar-refractivity contribution in [2.45, 2.75) is 6.54 Å². The summed E-state index contributed by atoms with van der Waals surface area (Å²) in [7, 11) is 6.02. The second-order valence-corrected chi connectivity index (χ2v) is 6.01. The van der Waals surface area contributed by atoms with Gasteiger partial charge in [-0.05, 0) is 23.1 Å². The maximum absolute atomic E-state index is 4.45. The van der Waals surface area contributed by atoms with Gasteiger partial charge in [-0.3, -0.25) is 0 Å². The summed E-state index contributed by atoms with van der Waals surface area (Å²) in [5, 5.41) is 3.15. The van der Waals surface area contributed by atoms with Crippen LogP contribution in [0.1, 0.15) is 5.56 Å². The third kappa shape index (κ3) is 2.80. The number of hydrogen-bond acceptors (Lipinski definition) is 6. The third-order valence-electron chi connectivity index (χ3n) is 3.29. The number of pyridine rings is 1. The van der Waals surface area contributed by atoms with Crippen LogP contribution in [-0.4, -0.2) is 36.1 Å². The molecule has 0 atom stereocenters. The fourth-order valence-electron chi connectivity index (χ4n) is 2.20. The standard InChI is InChI=1S/C15H17N5S/c1-19(2)13-5-4-11(8-16-13)9-20(3)14-12-6-7-21-15(12)18-10-17-14/h4-8,10H,9H2,1-3H3. The summed E-state index contributed by atoms with van der Waals surface area (Å²) in [5.74, 6) is 1.92. The second-order valence-electron chi connectivity index (χ2n) is 5.11. The van der Waals surface area contributed by atoms with E-state index in [0.29, 0.717) is 0 Å². The largest absolute Gasteiger partial charge is 0.363 e. The van der Waals surface area contributed by atoms with Gasteiger partial charge in [-0.2, -0.15) is 0 Å². The van der Waals surface area contributed by atoms with Crippen LogP contribution in [0.2, 0.25) is 0 Å². The molecule has 0 aromatic carbocycles. The van der Waals surface area contributed by atoms with E-state index in [1.807, 2.05) is 43.7 Å². The van der Waals surface area contributed by atoms with Crippen molar-refractivity contribution < 1.29 is 0 Å². The van der Waals surface area contributed by atoms with Gasteiger partial charge in [0, 0.05) is 33.9 Å². The zero-order valence-corrected chi connectivity index (χ0v) is 13.1. The fraction of sp³-hybridized carbons (Fsp3) is 0.267. The lowest BCUT2D eigenvalue weighted by Crippen LogP contribution is -2.18. The number of aromatic nitrogens is 3. The number of nitrogens with zero attached hydrogens (tertiary/aromatic N) is 5. The molecule has 3 aromatic heterocycles. The first-order valence-electron chi connectivity index (χ1n) is 6.67. The van der Waals surface area contributed by atoms with Gasteiger partial charge in [0.2, 0.25) is 0 Å². The SMILES string of the molecule is CN(C)c1ccc(CN(C)c2ncnc3sccc23)cn1. The smallest absolute Gasteiger partial charge is 0.140 e. The van der Waals surface area contributed by atoms with E-state index in [9.17, 15) is 0 Å². The van der Waals surface area contributed by atoms with Gasteiger partial charge < -0.3 is 9.80 Å². The van der Waals surface area contributed by atoms with E-state index in [0.717, 1.165) is 34.0 Å². The first-order valence-corrected chi connectivity index (χ1v) is 7.54. The molecule has 21 heavy (non-hydrogen) atoms. The molecule has 108 valence electrons. The average molecular weight is 299 g/mol. The Balaban J connectivity index is 1.82. The van der Waals surface area contributed by atoms with Gasteiger partial charge in [0.1, 0.15) is 22.8 Å². The number of rotatable bonds is 4. The molecule has 0 spiro atoms. The molecule has 0 radical (unpaired) electrons. The maximum atomic E-state index is 4.45. The molecule has 0 aliphatic heterocycles. The van der Waals surface area contributed by atoms with Crippen molar-refractivity contribution in [3.05, 3.63) is 41.7 Å². The van der Waals surface area contributed by atoms with Gasteiger partial charge in [-0.1, -0.05) is 6.07 Å². The molecule has 0 amide bonds. The summed E-state index contributed by atoms with van der Waals surface area (Å²) >= 11 is 1.63. The Morgan fingerprint density at radius 2 is 1.90 bits per heavy atom. The predicted molar refractivity (Wildman–Crippen MR) is 88.1 cm³/mol. The summed E-state index contributed by atoms with van der Waals surface area (Å²) in [6, 6.07) is 6.20. The molecule has 0 bridgehead atoms. The van der Waals surface area contributed by atoms with E-state index >= 15 is 0 Å². The van der Waals surface area contributed by atoms with E-state index in [2.05, 4.69) is 32.0 Å². The van der Waals surface area contributed by atoms with Gasteiger partial charge in [0.05, 0.1) is 5.39 Å². The van der Waals surface area contributed by atoms with E-state index in [1.54, 1.807) is 17.7 Å². The zero-order chi connectivity index (χ0) is 14.8. The van der Waals surface area contributed by atoms with Gasteiger partial charge >= 0.3 is 0 Å². The lowest BCUT2D eigenvalue weighted by molar-refractivity contribution is 0.892. The monoisotopic (exact) mass is 299 g/mol. The summed E-state index contributed by atoms with van der Waals surface area (Å²) in [6.45, 7) is 0.767. The molecule has 5 nitrogen and oxygen atoms in total. The molecule has 0 aliphatic rings. The van der Waals surface area contributed by atoms with Crippen molar-refractivity contribution in [3.63, 3.8) is 0 Å². The summed E-state index contributed by atoms with van der Waals surface area (Å²) in [5.41, 5.74) is 1.16. The minimum atomic E-state index is 0.767. The number of thiophene rings is 1. The molecule has 0 fully saturated rings. The van der Waals surface area contributed by atoms with Crippen molar-refractivity contribution >= 4 is 33.2 Å². The molecule has 0 saturated heterocycles. The van der Waals surface area contributed by atoms with Crippen molar-refractivity contribution in [2.24, 2.45) is 0 Å². The minimum Gasteiger partial charge on any atom is -0.363 e. The van der Waals surface area contributed by atoms with Crippen molar-refractivity contribution in [1.29, 1.82) is 0 Å². The molecule has 0 aliphatic carbocycles. The summed E-state index contributed by atoms with van der Waals surface area (Å²) in [6.07, 6.45) is 3.54. The van der Waals surface area contributed by atoms with E-state index in [4.69, 9.17) is 0 Å². The van der Waals surface area contributed by atoms with Gasteiger partial charge in [-0.25, -0.2) is 15.0 Å². The van der Waals surface area contributed by atoms with Gasteiger partial charge in [-0.15, -0.1) is 11.3 Å². The van der Waals surface area contributed by atoms with Crippen LogP contribution in [0.4, 0.5) is 11.6 Å². The summed E-state index contributed by atoms with van der Waals surface area (Å²) < 4.78 is 0. The quantitative estimate of drug-likeness (QED) is 0.741. The molecule has 0 unspecified atom stereocenters. The highest BCUT2D eigenvalue weighted by Gasteiger charge is 2.10. The lowest BCUT2D eigenvalue weighted by Gasteiger charge is -2.19. The molecule has 0 saturated carbocycles. The van der Waals surface area contributed by atoms with E-state index in [1.165, 1.54) is 0 Å². The molecule has 3 heterocycles. The van der Waals surface area contributed by atoms with Crippen LogP contribution in [0.3, 0.4) is 0 Å². The van der Waals surface area contributed by atoms with Crippen LogP contribution in [-0.2, 0) is 6.54 Å². The van der Waals surface area contributed by atoms with E-state index < -0.39 is 0 Å². The fourth-order valence-corrected chi connectivity index (χ4v) is 2.93. The van der Waals surface area contributed by atoms with Gasteiger partial charge in [0.15, 0.2) is 0 Å². The third-order valence-corrected chi connectivity index (χ3v) is 4.11. The van der Waals surface area contributed by atoms with Crippen molar-refractivity contribution in [1.82, 2.24) is 15.0 Å². The number of anilines is 2. The Kier molecular flexibility index (Phi) is 3.70. The Morgan fingerprint density at radius 3 is 2.62 bits per heavy atom. The molecular formula is C15H17N5S. The maximum Gasteiger partial charge on any atom is 0.140 e. The lowest BCUT2D eigenvalue weighted by atomic mass is 10.2. The first kappa shape index (κ1) is 13.8. The minimum absolute atomic E-state index is 0.767. The number of fused-ring (bicyclic) bond motifs is 1. The predicted octanol–water partition coefficient (Wildman–Crippen LogP) is 2.79. The van der Waals surface area contributed by atoms with Crippen molar-refractivity contribution in [2.75, 3.05) is 30.9 Å². The van der Waals surface area contributed by atoms with E-state index in [-0.39, 0.29) is 0 Å². The van der Waals surface area contributed by atoms with Crippen LogP contribution >= 0.6 is 11.3 Å². The molecule has 6 heteroatoms. The first-order chi connectivity index (χ1) is 10.1.